The van der Waals surface area contributed by atoms with Crippen LogP contribution in [-0.2, 0) is 4.79 Å². The second kappa shape index (κ2) is 7.01. The Morgan fingerprint density at radius 2 is 1.73 bits per heavy atom. The van der Waals surface area contributed by atoms with Gasteiger partial charge in [-0.15, -0.1) is 0 Å². The third-order valence-electron chi connectivity index (χ3n) is 2.63. The van der Waals surface area contributed by atoms with Gasteiger partial charge in [-0.3, -0.25) is 9.59 Å². The highest BCUT2D eigenvalue weighted by molar-refractivity contribution is 6.42. The number of rotatable bonds is 3. The third kappa shape index (κ3) is 3.91. The maximum atomic E-state index is 12.3. The van der Waals surface area contributed by atoms with Crippen LogP contribution in [0, 0.1) is 0 Å². The molecule has 0 fully saturated rings. The van der Waals surface area contributed by atoms with Crippen LogP contribution in [0.3, 0.4) is 0 Å². The van der Waals surface area contributed by atoms with Gasteiger partial charge in [0.1, 0.15) is 0 Å². The van der Waals surface area contributed by atoms with Crippen LogP contribution in [0.5, 0.6) is 5.75 Å². The normalized spacial score (nSPS) is 10.2. The van der Waals surface area contributed by atoms with Crippen LogP contribution in [0.4, 0.5) is 5.69 Å². The number of hydrogen-bond donors (Lipinski definition) is 1. The van der Waals surface area contributed by atoms with E-state index in [1.165, 1.54) is 25.1 Å². The van der Waals surface area contributed by atoms with Crippen LogP contribution in [0.1, 0.15) is 17.3 Å². The molecule has 1 amide bonds. The van der Waals surface area contributed by atoms with Crippen molar-refractivity contribution >= 4 is 52.4 Å². The molecule has 7 heteroatoms. The maximum Gasteiger partial charge on any atom is 0.308 e. The molecule has 0 saturated carbocycles. The summed E-state index contributed by atoms with van der Waals surface area (Å²) in [6, 6.07) is 9.27. The molecule has 0 unspecified atom stereocenters. The lowest BCUT2D eigenvalue weighted by Crippen LogP contribution is -2.15. The molecule has 0 radical (unpaired) electrons. The van der Waals surface area contributed by atoms with Crippen molar-refractivity contribution in [3.63, 3.8) is 0 Å². The summed E-state index contributed by atoms with van der Waals surface area (Å²) in [6.45, 7) is 1.23. The maximum absolute atomic E-state index is 12.3. The summed E-state index contributed by atoms with van der Waals surface area (Å²) in [4.78, 5) is 23.5. The zero-order valence-electron chi connectivity index (χ0n) is 11.3. The molecule has 0 spiro atoms. The topological polar surface area (TPSA) is 55.4 Å². The van der Waals surface area contributed by atoms with Gasteiger partial charge in [0, 0.05) is 12.6 Å². The van der Waals surface area contributed by atoms with Gasteiger partial charge in [-0.1, -0.05) is 40.9 Å². The fourth-order valence-electron chi connectivity index (χ4n) is 1.71. The number of ether oxygens (including phenoxy) is 1. The smallest absolute Gasteiger partial charge is 0.308 e. The average Bonchev–Trinajstić information content (AvgIpc) is 2.44. The molecule has 2 rings (SSSR count). The monoisotopic (exact) mass is 357 g/mol. The summed E-state index contributed by atoms with van der Waals surface area (Å²) >= 11 is 17.7. The lowest BCUT2D eigenvalue weighted by Gasteiger charge is -2.11. The summed E-state index contributed by atoms with van der Waals surface area (Å²) in [5, 5.41) is 3.49. The van der Waals surface area contributed by atoms with E-state index in [9.17, 15) is 9.59 Å². The highest BCUT2D eigenvalue weighted by Crippen LogP contribution is 2.30. The van der Waals surface area contributed by atoms with E-state index < -0.39 is 11.9 Å². The number of halogens is 3. The molecule has 0 heterocycles. The van der Waals surface area contributed by atoms with Crippen molar-refractivity contribution < 1.29 is 14.3 Å². The summed E-state index contributed by atoms with van der Waals surface area (Å²) in [6.07, 6.45) is 0. The Hall–Kier alpha value is -1.75. The molecule has 0 saturated heterocycles. The molecule has 0 atom stereocenters. The Bertz CT molecular complexity index is 747. The fraction of sp³-hybridized carbons (Fsp3) is 0.0667. The van der Waals surface area contributed by atoms with E-state index in [0.29, 0.717) is 15.7 Å². The van der Waals surface area contributed by atoms with Gasteiger partial charge in [0.15, 0.2) is 5.75 Å². The molecule has 0 aromatic heterocycles. The molecule has 114 valence electrons. The Morgan fingerprint density at radius 3 is 2.36 bits per heavy atom. The Kier molecular flexibility index (Phi) is 5.29. The number of carbonyl (C=O) groups is 2. The van der Waals surface area contributed by atoms with Crippen LogP contribution in [0.2, 0.25) is 15.1 Å². The van der Waals surface area contributed by atoms with Crippen molar-refractivity contribution in [2.45, 2.75) is 6.92 Å². The van der Waals surface area contributed by atoms with E-state index in [4.69, 9.17) is 39.5 Å². The third-order valence-corrected chi connectivity index (χ3v) is 3.67. The SMILES string of the molecule is CC(=O)Oc1c(Cl)cccc1C(=O)Nc1ccc(Cl)c(Cl)c1. The lowest BCUT2D eigenvalue weighted by atomic mass is 10.1. The van der Waals surface area contributed by atoms with Crippen LogP contribution in [0.25, 0.3) is 0 Å². The van der Waals surface area contributed by atoms with E-state index in [1.807, 2.05) is 0 Å². The number of hydrogen-bond acceptors (Lipinski definition) is 3. The number of para-hydroxylation sites is 1. The van der Waals surface area contributed by atoms with Gasteiger partial charge in [0.2, 0.25) is 0 Å². The van der Waals surface area contributed by atoms with E-state index >= 15 is 0 Å². The van der Waals surface area contributed by atoms with Gasteiger partial charge in [0.25, 0.3) is 5.91 Å². The average molecular weight is 359 g/mol. The van der Waals surface area contributed by atoms with Gasteiger partial charge < -0.3 is 10.1 Å². The largest absolute Gasteiger partial charge is 0.424 e. The number of esters is 1. The quantitative estimate of drug-likeness (QED) is 0.632. The van der Waals surface area contributed by atoms with E-state index in [0.717, 1.165) is 0 Å². The first kappa shape index (κ1) is 16.6. The van der Waals surface area contributed by atoms with Gasteiger partial charge in [-0.05, 0) is 30.3 Å². The van der Waals surface area contributed by atoms with Crippen molar-refractivity contribution in [3.8, 4) is 5.75 Å². The molecular weight excluding hydrogens is 349 g/mol. The molecule has 2 aromatic carbocycles. The predicted octanol–water partition coefficient (Wildman–Crippen LogP) is 4.82. The second-order valence-corrected chi connectivity index (χ2v) is 5.51. The van der Waals surface area contributed by atoms with Crippen LogP contribution in [0.15, 0.2) is 36.4 Å². The molecule has 1 N–H and O–H groups in total. The van der Waals surface area contributed by atoms with Gasteiger partial charge in [0.05, 0.1) is 20.6 Å². The molecule has 2 aromatic rings. The zero-order chi connectivity index (χ0) is 16.3. The summed E-state index contributed by atoms with van der Waals surface area (Å²) in [7, 11) is 0. The first-order chi connectivity index (χ1) is 10.4. The number of benzene rings is 2. The molecule has 0 aliphatic heterocycles. The zero-order valence-corrected chi connectivity index (χ0v) is 13.6. The Morgan fingerprint density at radius 1 is 1.00 bits per heavy atom. The van der Waals surface area contributed by atoms with Crippen molar-refractivity contribution in [3.05, 3.63) is 57.0 Å². The minimum atomic E-state index is -0.573. The fourth-order valence-corrected chi connectivity index (χ4v) is 2.22. The van der Waals surface area contributed by atoms with Gasteiger partial charge >= 0.3 is 5.97 Å². The number of anilines is 1. The van der Waals surface area contributed by atoms with Crippen molar-refractivity contribution in [1.82, 2.24) is 0 Å². The van der Waals surface area contributed by atoms with E-state index in [-0.39, 0.29) is 16.3 Å². The van der Waals surface area contributed by atoms with Crippen molar-refractivity contribution in [1.29, 1.82) is 0 Å². The highest BCUT2D eigenvalue weighted by Gasteiger charge is 2.17. The van der Waals surface area contributed by atoms with Crippen molar-refractivity contribution in [2.75, 3.05) is 5.32 Å². The van der Waals surface area contributed by atoms with Crippen LogP contribution >= 0.6 is 34.8 Å². The molecular formula is C15H10Cl3NO3. The molecule has 22 heavy (non-hydrogen) atoms. The van der Waals surface area contributed by atoms with Crippen LogP contribution < -0.4 is 10.1 Å². The summed E-state index contributed by atoms with van der Waals surface area (Å²) < 4.78 is 5.00. The minimum absolute atomic E-state index is 0.00854. The van der Waals surface area contributed by atoms with Crippen LogP contribution in [-0.4, -0.2) is 11.9 Å². The second-order valence-electron chi connectivity index (χ2n) is 4.29. The molecule has 4 nitrogen and oxygen atoms in total. The van der Waals surface area contributed by atoms with Gasteiger partial charge in [-0.2, -0.15) is 0 Å². The molecule has 0 aliphatic carbocycles. The molecule has 0 aliphatic rings. The molecule has 0 bridgehead atoms. The predicted molar refractivity (Wildman–Crippen MR) is 87.2 cm³/mol. The van der Waals surface area contributed by atoms with Crippen molar-refractivity contribution in [2.24, 2.45) is 0 Å². The Labute approximate surface area is 141 Å². The Balaban J connectivity index is 2.31. The van der Waals surface area contributed by atoms with Gasteiger partial charge in [-0.25, -0.2) is 0 Å². The highest BCUT2D eigenvalue weighted by atomic mass is 35.5. The van der Waals surface area contributed by atoms with E-state index in [2.05, 4.69) is 5.32 Å². The number of amides is 1. The lowest BCUT2D eigenvalue weighted by molar-refractivity contribution is -0.131. The number of nitrogens with one attached hydrogen (secondary N) is 1. The van der Waals surface area contributed by atoms with E-state index in [1.54, 1.807) is 18.2 Å². The first-order valence-electron chi connectivity index (χ1n) is 6.12. The summed E-state index contributed by atoms with van der Waals surface area (Å²) in [5.74, 6) is -1.05. The first-order valence-corrected chi connectivity index (χ1v) is 7.25. The minimum Gasteiger partial charge on any atom is -0.424 e. The standard InChI is InChI=1S/C15H10Cl3NO3/c1-8(20)22-14-10(3-2-4-12(14)17)15(21)19-9-5-6-11(16)13(18)7-9/h2-7H,1H3,(H,19,21). The summed E-state index contributed by atoms with van der Waals surface area (Å²) in [5.41, 5.74) is 0.585. The number of carbonyl (C=O) groups excluding carboxylic acids is 2.